The Balaban J connectivity index is 1.67. The van der Waals surface area contributed by atoms with E-state index in [4.69, 9.17) is 4.74 Å². The first-order chi connectivity index (χ1) is 12.7. The molecule has 0 atom stereocenters. The number of carbonyl (C=O) groups is 1. The molecule has 0 radical (unpaired) electrons. The summed E-state index contributed by atoms with van der Waals surface area (Å²) >= 11 is 0. The predicted octanol–water partition coefficient (Wildman–Crippen LogP) is 2.97. The Labute approximate surface area is 152 Å². The zero-order valence-corrected chi connectivity index (χ0v) is 14.7. The second-order valence-corrected chi connectivity index (χ2v) is 5.58. The van der Waals surface area contributed by atoms with Crippen molar-refractivity contribution >= 4 is 5.91 Å². The maximum absolute atomic E-state index is 12.4. The van der Waals surface area contributed by atoms with Crippen LogP contribution in [0.5, 0.6) is 5.75 Å². The number of amides is 1. The minimum Gasteiger partial charge on any atom is -0.495 e. The van der Waals surface area contributed by atoms with E-state index in [0.717, 1.165) is 16.9 Å². The van der Waals surface area contributed by atoms with Crippen LogP contribution >= 0.6 is 0 Å². The van der Waals surface area contributed by atoms with Gasteiger partial charge in [-0.15, -0.1) is 0 Å². The second kappa shape index (κ2) is 8.04. The molecule has 130 valence electrons. The van der Waals surface area contributed by atoms with Gasteiger partial charge in [-0.2, -0.15) is 5.10 Å². The van der Waals surface area contributed by atoms with E-state index in [9.17, 15) is 4.79 Å². The van der Waals surface area contributed by atoms with Crippen LogP contribution in [0.15, 0.2) is 60.8 Å². The molecule has 3 aromatic rings. The van der Waals surface area contributed by atoms with Crippen LogP contribution in [-0.4, -0.2) is 29.3 Å². The van der Waals surface area contributed by atoms with Gasteiger partial charge in [-0.05, 0) is 31.2 Å². The number of para-hydroxylation sites is 2. The van der Waals surface area contributed by atoms with E-state index in [1.165, 1.54) is 0 Å². The van der Waals surface area contributed by atoms with E-state index < -0.39 is 0 Å². The summed E-state index contributed by atoms with van der Waals surface area (Å²) in [6.45, 7) is 2.11. The topological polar surface area (TPSA) is 56.1 Å². The van der Waals surface area contributed by atoms with Crippen molar-refractivity contribution in [2.45, 2.75) is 6.92 Å². The maximum Gasteiger partial charge on any atom is 0.255 e. The summed E-state index contributed by atoms with van der Waals surface area (Å²) in [5, 5.41) is 7.11. The Kier molecular flexibility index (Phi) is 5.35. The molecule has 0 saturated carbocycles. The summed E-state index contributed by atoms with van der Waals surface area (Å²) in [5.41, 5.74) is 3.02. The van der Waals surface area contributed by atoms with Crippen molar-refractivity contribution in [3.63, 3.8) is 0 Å². The number of methoxy groups -OCH3 is 1. The monoisotopic (exact) mass is 345 g/mol. The van der Waals surface area contributed by atoms with E-state index in [1.807, 2.05) is 61.5 Å². The van der Waals surface area contributed by atoms with Crippen molar-refractivity contribution in [1.82, 2.24) is 15.1 Å². The molecule has 26 heavy (non-hydrogen) atoms. The number of nitrogens with zero attached hydrogens (tertiary/aromatic N) is 2. The molecule has 0 bridgehead atoms. The molecule has 2 aromatic carbocycles. The molecule has 0 unspecified atom stereocenters. The number of ether oxygens (including phenoxy) is 1. The fourth-order valence-electron chi connectivity index (χ4n) is 2.57. The van der Waals surface area contributed by atoms with Gasteiger partial charge in [0.05, 0.1) is 42.4 Å². The highest BCUT2D eigenvalue weighted by Crippen LogP contribution is 2.15. The highest BCUT2D eigenvalue weighted by Gasteiger charge is 2.14. The molecule has 1 amide bonds. The molecule has 0 fully saturated rings. The van der Waals surface area contributed by atoms with Gasteiger partial charge in [0, 0.05) is 0 Å². The number of benzene rings is 2. The van der Waals surface area contributed by atoms with Gasteiger partial charge in [0.1, 0.15) is 5.75 Å². The summed E-state index contributed by atoms with van der Waals surface area (Å²) in [7, 11) is 1.61. The van der Waals surface area contributed by atoms with Gasteiger partial charge >= 0.3 is 0 Å². The van der Waals surface area contributed by atoms with Gasteiger partial charge in [-0.1, -0.05) is 42.2 Å². The Hall–Kier alpha value is -3.52. The SMILES string of the molecule is COc1ccccc1C#CCNC(=O)c1cnn(-c2ccccc2)c1C. The smallest absolute Gasteiger partial charge is 0.255 e. The summed E-state index contributed by atoms with van der Waals surface area (Å²) < 4.78 is 7.00. The molecule has 5 heteroatoms. The first kappa shape index (κ1) is 17.3. The van der Waals surface area contributed by atoms with Gasteiger partial charge in [-0.25, -0.2) is 4.68 Å². The Bertz CT molecular complexity index is 966. The lowest BCUT2D eigenvalue weighted by Crippen LogP contribution is -2.24. The molecule has 0 spiro atoms. The van der Waals surface area contributed by atoms with Crippen LogP contribution in [0, 0.1) is 18.8 Å². The van der Waals surface area contributed by atoms with Crippen LogP contribution in [0.4, 0.5) is 0 Å². The summed E-state index contributed by atoms with van der Waals surface area (Å²) in [5.74, 6) is 6.47. The molecular formula is C21H19N3O2. The normalized spacial score (nSPS) is 9.92. The van der Waals surface area contributed by atoms with Crippen molar-refractivity contribution in [3.8, 4) is 23.3 Å². The Morgan fingerprint density at radius 3 is 2.65 bits per heavy atom. The average molecular weight is 345 g/mol. The van der Waals surface area contributed by atoms with E-state index >= 15 is 0 Å². The first-order valence-electron chi connectivity index (χ1n) is 8.21. The molecule has 3 rings (SSSR count). The number of nitrogens with one attached hydrogen (secondary N) is 1. The van der Waals surface area contributed by atoms with Crippen molar-refractivity contribution in [2.75, 3.05) is 13.7 Å². The number of aromatic nitrogens is 2. The third-order valence-corrected chi connectivity index (χ3v) is 3.92. The van der Waals surface area contributed by atoms with Crippen molar-refractivity contribution in [3.05, 3.63) is 77.6 Å². The van der Waals surface area contributed by atoms with E-state index in [0.29, 0.717) is 11.3 Å². The van der Waals surface area contributed by atoms with Crippen molar-refractivity contribution in [2.24, 2.45) is 0 Å². The Morgan fingerprint density at radius 2 is 1.88 bits per heavy atom. The highest BCUT2D eigenvalue weighted by atomic mass is 16.5. The van der Waals surface area contributed by atoms with Gasteiger partial charge in [0.25, 0.3) is 5.91 Å². The molecule has 0 aliphatic heterocycles. The number of hydrogen-bond acceptors (Lipinski definition) is 3. The van der Waals surface area contributed by atoms with Crippen molar-refractivity contribution in [1.29, 1.82) is 0 Å². The first-order valence-corrected chi connectivity index (χ1v) is 8.21. The van der Waals surface area contributed by atoms with E-state index in [-0.39, 0.29) is 12.5 Å². The lowest BCUT2D eigenvalue weighted by molar-refractivity contribution is 0.0958. The molecular weight excluding hydrogens is 326 g/mol. The molecule has 1 heterocycles. The standard InChI is InChI=1S/C21H19N3O2/c1-16-19(15-23-24(16)18-11-4-3-5-12-18)21(25)22-14-8-10-17-9-6-7-13-20(17)26-2/h3-7,9,11-13,15H,14H2,1-2H3,(H,22,25). The Morgan fingerprint density at radius 1 is 1.15 bits per heavy atom. The number of hydrogen-bond donors (Lipinski definition) is 1. The lowest BCUT2D eigenvalue weighted by atomic mass is 10.2. The minimum atomic E-state index is -0.195. The second-order valence-electron chi connectivity index (χ2n) is 5.58. The van der Waals surface area contributed by atoms with Crippen molar-refractivity contribution < 1.29 is 9.53 Å². The summed E-state index contributed by atoms with van der Waals surface area (Å²) in [6.07, 6.45) is 1.57. The van der Waals surface area contributed by atoms with Crippen LogP contribution < -0.4 is 10.1 Å². The lowest BCUT2D eigenvalue weighted by Gasteiger charge is -2.05. The van der Waals surface area contributed by atoms with Gasteiger partial charge in [0.2, 0.25) is 0 Å². The third kappa shape index (κ3) is 3.76. The summed E-state index contributed by atoms with van der Waals surface area (Å²) in [6, 6.07) is 17.2. The molecule has 0 saturated heterocycles. The third-order valence-electron chi connectivity index (χ3n) is 3.92. The maximum atomic E-state index is 12.4. The predicted molar refractivity (Wildman–Crippen MR) is 101 cm³/mol. The molecule has 5 nitrogen and oxygen atoms in total. The van der Waals surface area contributed by atoms with Crippen LogP contribution in [-0.2, 0) is 0 Å². The van der Waals surface area contributed by atoms with Crippen LogP contribution in [0.25, 0.3) is 5.69 Å². The van der Waals surface area contributed by atoms with Crippen LogP contribution in [0.2, 0.25) is 0 Å². The minimum absolute atomic E-state index is 0.195. The molecule has 0 aliphatic carbocycles. The van der Waals surface area contributed by atoms with Crippen LogP contribution in [0.3, 0.4) is 0 Å². The van der Waals surface area contributed by atoms with E-state index in [2.05, 4.69) is 22.3 Å². The summed E-state index contributed by atoms with van der Waals surface area (Å²) in [4.78, 5) is 12.4. The number of carbonyl (C=O) groups excluding carboxylic acids is 1. The van der Waals surface area contributed by atoms with Gasteiger partial charge in [0.15, 0.2) is 0 Å². The van der Waals surface area contributed by atoms with Gasteiger partial charge < -0.3 is 10.1 Å². The fraction of sp³-hybridized carbons (Fsp3) is 0.143. The fourth-order valence-corrected chi connectivity index (χ4v) is 2.57. The zero-order valence-electron chi connectivity index (χ0n) is 14.7. The quantitative estimate of drug-likeness (QED) is 0.740. The van der Waals surface area contributed by atoms with E-state index in [1.54, 1.807) is 18.0 Å². The highest BCUT2D eigenvalue weighted by molar-refractivity contribution is 5.95. The average Bonchev–Trinajstić information content (AvgIpc) is 3.07. The number of rotatable bonds is 4. The largest absolute Gasteiger partial charge is 0.495 e. The van der Waals surface area contributed by atoms with Gasteiger partial charge in [-0.3, -0.25) is 4.79 Å². The molecule has 1 N–H and O–H groups in total. The van der Waals surface area contributed by atoms with Crippen LogP contribution in [0.1, 0.15) is 21.6 Å². The molecule has 0 aliphatic rings. The zero-order chi connectivity index (χ0) is 18.4. The molecule has 1 aromatic heterocycles.